The lowest BCUT2D eigenvalue weighted by Gasteiger charge is -2.41. The van der Waals surface area contributed by atoms with Gasteiger partial charge in [0.2, 0.25) is 0 Å². The van der Waals surface area contributed by atoms with E-state index in [1.54, 1.807) is 0 Å². The maximum Gasteiger partial charge on any atom is 0.326 e. The van der Waals surface area contributed by atoms with Crippen LogP contribution < -0.4 is 0 Å². The van der Waals surface area contributed by atoms with Crippen molar-refractivity contribution >= 4 is 25.2 Å². The van der Waals surface area contributed by atoms with E-state index < -0.39 is 25.2 Å². The van der Waals surface area contributed by atoms with E-state index in [4.69, 9.17) is 8.23 Å². The van der Waals surface area contributed by atoms with Crippen molar-refractivity contribution in [1.82, 2.24) is 0 Å². The molecule has 0 unspecified atom stereocenters. The minimum Gasteiger partial charge on any atom is -0.436 e. The zero-order chi connectivity index (χ0) is 18.6. The van der Waals surface area contributed by atoms with Crippen LogP contribution in [0.3, 0.4) is 0 Å². The molecule has 0 saturated carbocycles. The van der Waals surface area contributed by atoms with Crippen molar-refractivity contribution < 1.29 is 8.23 Å². The molecule has 0 fully saturated rings. The van der Waals surface area contributed by atoms with Crippen LogP contribution in [-0.2, 0) is 20.3 Å². The molecule has 136 valence electrons. The summed E-state index contributed by atoms with van der Waals surface area (Å²) in [5.41, 5.74) is 2.64. The van der Waals surface area contributed by atoms with E-state index in [1.807, 2.05) is 0 Å². The fraction of sp³-hybridized carbons (Fsp3) is 0.400. The highest BCUT2D eigenvalue weighted by molar-refractivity contribution is 6.87. The van der Waals surface area contributed by atoms with Gasteiger partial charge in [-0.2, -0.15) is 0 Å². The molecule has 0 aliphatic rings. The third-order valence-corrected chi connectivity index (χ3v) is 13.4. The van der Waals surface area contributed by atoms with Gasteiger partial charge in [-0.25, -0.2) is 0 Å². The predicted molar refractivity (Wildman–Crippen MR) is 115 cm³/mol. The Kier molecular flexibility index (Phi) is 6.62. The highest BCUT2D eigenvalue weighted by atomic mass is 28.5. The summed E-state index contributed by atoms with van der Waals surface area (Å²) < 4.78 is 13.8. The Morgan fingerprint density at radius 2 is 0.880 bits per heavy atom. The Hall–Kier alpha value is -0.989. The Bertz CT molecular complexity index is 587. The molecule has 0 spiro atoms. The van der Waals surface area contributed by atoms with Gasteiger partial charge < -0.3 is 8.23 Å². The topological polar surface area (TPSA) is 18.5 Å². The standard InChI is InChI=1S/C20H32O2Si3/c1-23(2,3)21-25(22-24(4,5)6,17-19-13-9-7-10-14-19)18-20-15-11-8-12-16-20/h7-16H,17-18H2,1-6H3. The Labute approximate surface area is 156 Å². The maximum absolute atomic E-state index is 6.90. The number of benzene rings is 2. The normalized spacial score (nSPS) is 13.0. The summed E-state index contributed by atoms with van der Waals surface area (Å²) >= 11 is 0. The monoisotopic (exact) mass is 388 g/mol. The van der Waals surface area contributed by atoms with E-state index in [-0.39, 0.29) is 0 Å². The first kappa shape index (κ1) is 20.3. The summed E-state index contributed by atoms with van der Waals surface area (Å²) in [6, 6.07) is 23.2. The first-order valence-electron chi connectivity index (χ1n) is 9.05. The fourth-order valence-electron chi connectivity index (χ4n) is 3.16. The molecule has 0 bridgehead atoms. The molecule has 0 radical (unpaired) electrons. The smallest absolute Gasteiger partial charge is 0.326 e. The van der Waals surface area contributed by atoms with E-state index in [0.29, 0.717) is 0 Å². The van der Waals surface area contributed by atoms with Crippen LogP contribution >= 0.6 is 0 Å². The highest BCUT2D eigenvalue weighted by Gasteiger charge is 2.44. The van der Waals surface area contributed by atoms with Crippen LogP contribution in [0.1, 0.15) is 11.1 Å². The first-order valence-corrected chi connectivity index (χ1v) is 18.1. The molecule has 2 nitrogen and oxygen atoms in total. The lowest BCUT2D eigenvalue weighted by atomic mass is 10.2. The van der Waals surface area contributed by atoms with Gasteiger partial charge in [0.05, 0.1) is 0 Å². The summed E-state index contributed by atoms with van der Waals surface area (Å²) in [5, 5.41) is 0. The second-order valence-electron chi connectivity index (χ2n) is 8.66. The van der Waals surface area contributed by atoms with Gasteiger partial charge in [0.1, 0.15) is 0 Å². The van der Waals surface area contributed by atoms with Crippen molar-refractivity contribution in [2.24, 2.45) is 0 Å². The van der Waals surface area contributed by atoms with Gasteiger partial charge in [0.15, 0.2) is 16.6 Å². The Morgan fingerprint density at radius 3 is 1.16 bits per heavy atom. The van der Waals surface area contributed by atoms with Crippen molar-refractivity contribution in [1.29, 1.82) is 0 Å². The molecule has 2 aromatic carbocycles. The van der Waals surface area contributed by atoms with Gasteiger partial charge in [-0.05, 0) is 50.4 Å². The van der Waals surface area contributed by atoms with Crippen molar-refractivity contribution in [3.63, 3.8) is 0 Å². The van der Waals surface area contributed by atoms with Crippen molar-refractivity contribution in [2.45, 2.75) is 51.4 Å². The second kappa shape index (κ2) is 8.14. The summed E-state index contributed by atoms with van der Waals surface area (Å²) in [6.45, 7) is 13.7. The zero-order valence-electron chi connectivity index (χ0n) is 16.5. The predicted octanol–water partition coefficient (Wildman–Crippen LogP) is 5.70. The number of hydrogen-bond donors (Lipinski definition) is 0. The molecule has 2 aromatic rings. The van der Waals surface area contributed by atoms with Gasteiger partial charge in [0.25, 0.3) is 0 Å². The zero-order valence-corrected chi connectivity index (χ0v) is 19.5. The molecule has 2 rings (SSSR count). The molecule has 25 heavy (non-hydrogen) atoms. The van der Waals surface area contributed by atoms with Crippen molar-refractivity contribution in [2.75, 3.05) is 0 Å². The summed E-state index contributed by atoms with van der Waals surface area (Å²) in [7, 11) is -5.91. The van der Waals surface area contributed by atoms with Gasteiger partial charge in [0, 0.05) is 12.1 Å². The third kappa shape index (κ3) is 7.42. The quantitative estimate of drug-likeness (QED) is 0.540. The minimum atomic E-state index is -2.42. The Balaban J connectivity index is 2.43. The molecule has 0 aliphatic heterocycles. The number of hydrogen-bond acceptors (Lipinski definition) is 2. The van der Waals surface area contributed by atoms with Gasteiger partial charge in [-0.3, -0.25) is 0 Å². The van der Waals surface area contributed by atoms with E-state index >= 15 is 0 Å². The lowest BCUT2D eigenvalue weighted by molar-refractivity contribution is 0.371. The second-order valence-corrected chi connectivity index (χ2v) is 21.3. The van der Waals surface area contributed by atoms with E-state index in [9.17, 15) is 0 Å². The minimum absolute atomic E-state index is 0.914. The van der Waals surface area contributed by atoms with Crippen LogP contribution in [0.25, 0.3) is 0 Å². The molecule has 5 heteroatoms. The average Bonchev–Trinajstić information content (AvgIpc) is 2.45. The molecule has 0 amide bonds. The van der Waals surface area contributed by atoms with E-state index in [1.165, 1.54) is 11.1 Å². The number of rotatable bonds is 8. The van der Waals surface area contributed by atoms with E-state index in [2.05, 4.69) is 99.9 Å². The van der Waals surface area contributed by atoms with Crippen LogP contribution in [0.4, 0.5) is 0 Å². The SMILES string of the molecule is C[Si](C)(C)O[Si](Cc1ccccc1)(Cc1ccccc1)O[Si](C)(C)C. The largest absolute Gasteiger partial charge is 0.436 e. The molecule has 0 saturated heterocycles. The van der Waals surface area contributed by atoms with Crippen LogP contribution in [-0.4, -0.2) is 25.2 Å². The van der Waals surface area contributed by atoms with Gasteiger partial charge >= 0.3 is 8.56 Å². The highest BCUT2D eigenvalue weighted by Crippen LogP contribution is 2.28. The molecule has 0 aromatic heterocycles. The Morgan fingerprint density at radius 1 is 0.560 bits per heavy atom. The molecule has 0 aliphatic carbocycles. The van der Waals surface area contributed by atoms with Crippen LogP contribution in [0, 0.1) is 0 Å². The molecular formula is C20H32O2Si3. The first-order chi connectivity index (χ1) is 11.6. The average molecular weight is 389 g/mol. The van der Waals surface area contributed by atoms with E-state index in [0.717, 1.165) is 12.1 Å². The molecular weight excluding hydrogens is 356 g/mol. The van der Waals surface area contributed by atoms with Crippen molar-refractivity contribution in [3.05, 3.63) is 71.8 Å². The van der Waals surface area contributed by atoms with Crippen LogP contribution in [0.15, 0.2) is 60.7 Å². The summed E-state index contributed by atoms with van der Waals surface area (Å²) in [5.74, 6) is 0. The molecule has 0 heterocycles. The maximum atomic E-state index is 6.90. The summed E-state index contributed by atoms with van der Waals surface area (Å²) in [6.07, 6.45) is 0. The van der Waals surface area contributed by atoms with Gasteiger partial charge in [-0.15, -0.1) is 0 Å². The van der Waals surface area contributed by atoms with Crippen LogP contribution in [0.5, 0.6) is 0 Å². The molecule has 0 N–H and O–H groups in total. The van der Waals surface area contributed by atoms with Gasteiger partial charge in [-0.1, -0.05) is 60.7 Å². The fourth-order valence-corrected chi connectivity index (χ4v) is 15.6. The third-order valence-electron chi connectivity index (χ3n) is 3.62. The molecule has 0 atom stereocenters. The van der Waals surface area contributed by atoms with Crippen molar-refractivity contribution in [3.8, 4) is 0 Å². The lowest BCUT2D eigenvalue weighted by Crippen LogP contribution is -2.58. The summed E-state index contributed by atoms with van der Waals surface area (Å²) in [4.78, 5) is 0. The van der Waals surface area contributed by atoms with Crippen LogP contribution in [0.2, 0.25) is 39.3 Å².